The van der Waals surface area contributed by atoms with Crippen molar-refractivity contribution in [3.8, 4) is 5.75 Å². The normalized spacial score (nSPS) is 12.2. The zero-order valence-corrected chi connectivity index (χ0v) is 14.9. The molecule has 2 aromatic carbocycles. The maximum Gasteiger partial charge on any atom is 0.273 e. The smallest absolute Gasteiger partial charge is 0.273 e. The largest absolute Gasteiger partial charge is 0.507 e. The molecule has 130 valence electrons. The number of nitrogens with one attached hydrogen (secondary N) is 3. The summed E-state index contributed by atoms with van der Waals surface area (Å²) in [6.07, 6.45) is 1.92. The first-order valence-corrected chi connectivity index (χ1v) is 8.73. The number of hydrogen-bond donors (Lipinski definition) is 3. The molecule has 0 aliphatic carbocycles. The summed E-state index contributed by atoms with van der Waals surface area (Å²) in [6.45, 7) is 4.13. The average Bonchev–Trinajstić information content (AvgIpc) is 2.96. The molecule has 4 N–H and O–H groups in total. The minimum Gasteiger partial charge on any atom is -0.507 e. The maximum atomic E-state index is 10.5. The monoisotopic (exact) mass is 344 g/mol. The molecule has 0 saturated heterocycles. The minimum absolute atomic E-state index is 0.189. The number of H-pyrrole nitrogens is 2. The molecule has 0 spiro atoms. The fraction of sp³-hybridized carbons (Fsp3) is 0.136. The topological polar surface area (TPSA) is 62.2 Å². The van der Waals surface area contributed by atoms with Gasteiger partial charge in [-0.2, -0.15) is 0 Å². The highest BCUT2D eigenvalue weighted by molar-refractivity contribution is 5.86. The Hall–Kier alpha value is -3.27. The van der Waals surface area contributed by atoms with Crippen LogP contribution in [0.25, 0.3) is 10.9 Å². The number of para-hydroxylation sites is 2. The molecule has 0 aliphatic heterocycles. The Balaban J connectivity index is 1.90. The van der Waals surface area contributed by atoms with E-state index in [0.717, 1.165) is 39.1 Å². The number of hydrogen-bond acceptors (Lipinski definition) is 2. The Bertz CT molecular complexity index is 1070. The molecule has 0 bridgehead atoms. The summed E-state index contributed by atoms with van der Waals surface area (Å²) in [5.41, 5.74) is 5.32. The van der Waals surface area contributed by atoms with Gasteiger partial charge in [0.05, 0.1) is 6.20 Å². The molecular weight excluding hydrogens is 322 g/mol. The van der Waals surface area contributed by atoms with Crippen LogP contribution in [0.2, 0.25) is 0 Å². The average molecular weight is 344 g/mol. The highest BCUT2D eigenvalue weighted by Crippen LogP contribution is 2.37. The standard InChI is InChI=1S/C22H21N3O/c1-14-11-12-23-20(13-14)25-22(17-8-4-6-10-19(17)26)21-15(2)24-18-9-5-3-7-16(18)21/h3-13,22,24,26H,1-2H3,(H,23,25)/p+1/t22-/m0/s1. The van der Waals surface area contributed by atoms with Crippen molar-refractivity contribution in [2.75, 3.05) is 5.32 Å². The SMILES string of the molecule is Cc1cc[nH+]c(N[C@@H](c2ccccc2O)c2c(C)[nH]c3ccccc23)c1. The highest BCUT2D eigenvalue weighted by atomic mass is 16.3. The van der Waals surface area contributed by atoms with Gasteiger partial charge < -0.3 is 10.1 Å². The summed E-state index contributed by atoms with van der Waals surface area (Å²) in [6, 6.07) is 19.6. The van der Waals surface area contributed by atoms with Gasteiger partial charge >= 0.3 is 0 Å². The first-order chi connectivity index (χ1) is 12.6. The number of aromatic nitrogens is 2. The minimum atomic E-state index is -0.189. The Morgan fingerprint density at radius 3 is 2.58 bits per heavy atom. The number of rotatable bonds is 4. The van der Waals surface area contributed by atoms with Crippen molar-refractivity contribution in [3.63, 3.8) is 0 Å². The highest BCUT2D eigenvalue weighted by Gasteiger charge is 2.27. The molecule has 0 amide bonds. The molecule has 0 aliphatic rings. The van der Waals surface area contributed by atoms with E-state index in [0.29, 0.717) is 0 Å². The molecule has 0 radical (unpaired) electrons. The van der Waals surface area contributed by atoms with Gasteiger partial charge in [-0.15, -0.1) is 0 Å². The summed E-state index contributed by atoms with van der Waals surface area (Å²) in [7, 11) is 0. The summed E-state index contributed by atoms with van der Waals surface area (Å²) in [4.78, 5) is 6.72. The number of aromatic amines is 2. The van der Waals surface area contributed by atoms with Crippen molar-refractivity contribution in [2.24, 2.45) is 0 Å². The summed E-state index contributed by atoms with van der Waals surface area (Å²) in [5, 5.41) is 15.2. The van der Waals surface area contributed by atoms with Crippen LogP contribution in [0, 0.1) is 13.8 Å². The van der Waals surface area contributed by atoms with Gasteiger partial charge in [0.2, 0.25) is 0 Å². The van der Waals surface area contributed by atoms with Gasteiger partial charge in [0.1, 0.15) is 5.75 Å². The van der Waals surface area contributed by atoms with Crippen LogP contribution < -0.4 is 10.3 Å². The Morgan fingerprint density at radius 1 is 1.00 bits per heavy atom. The number of anilines is 1. The number of fused-ring (bicyclic) bond motifs is 1. The van der Waals surface area contributed by atoms with E-state index in [4.69, 9.17) is 0 Å². The van der Waals surface area contributed by atoms with Crippen molar-refractivity contribution in [3.05, 3.63) is 89.2 Å². The summed E-state index contributed by atoms with van der Waals surface area (Å²) >= 11 is 0. The Morgan fingerprint density at radius 2 is 1.77 bits per heavy atom. The predicted molar refractivity (Wildman–Crippen MR) is 104 cm³/mol. The molecule has 4 aromatic rings. The zero-order chi connectivity index (χ0) is 18.1. The molecule has 0 fully saturated rings. The number of pyridine rings is 1. The van der Waals surface area contributed by atoms with Gasteiger partial charge in [-0.3, -0.25) is 5.32 Å². The molecule has 1 atom stereocenters. The first-order valence-electron chi connectivity index (χ1n) is 8.73. The van der Waals surface area contributed by atoms with Gasteiger partial charge in [0, 0.05) is 33.8 Å². The van der Waals surface area contributed by atoms with Crippen LogP contribution in [0.15, 0.2) is 66.9 Å². The van der Waals surface area contributed by atoms with Gasteiger partial charge in [0.15, 0.2) is 6.04 Å². The van der Waals surface area contributed by atoms with Crippen LogP contribution in [0.1, 0.15) is 28.4 Å². The van der Waals surface area contributed by atoms with Gasteiger partial charge in [0.25, 0.3) is 5.82 Å². The van der Waals surface area contributed by atoms with E-state index in [9.17, 15) is 5.11 Å². The maximum absolute atomic E-state index is 10.5. The van der Waals surface area contributed by atoms with E-state index in [1.54, 1.807) is 6.07 Å². The lowest BCUT2D eigenvalue weighted by Crippen LogP contribution is -2.19. The van der Waals surface area contributed by atoms with E-state index in [1.807, 2.05) is 42.6 Å². The van der Waals surface area contributed by atoms with E-state index in [-0.39, 0.29) is 11.8 Å². The molecule has 0 saturated carbocycles. The molecule has 0 unspecified atom stereocenters. The molecule has 2 heterocycles. The van der Waals surface area contributed by atoms with E-state index < -0.39 is 0 Å². The Labute approximate surface area is 152 Å². The molecule has 26 heavy (non-hydrogen) atoms. The number of phenols is 1. The molecular formula is C22H22N3O+. The fourth-order valence-corrected chi connectivity index (χ4v) is 3.53. The second-order valence-electron chi connectivity index (χ2n) is 6.63. The number of aryl methyl sites for hydroxylation is 2. The predicted octanol–water partition coefficient (Wildman–Crippen LogP) is 4.51. The van der Waals surface area contributed by atoms with Crippen LogP contribution >= 0.6 is 0 Å². The van der Waals surface area contributed by atoms with E-state index in [2.05, 4.69) is 47.3 Å². The molecule has 4 heteroatoms. The summed E-state index contributed by atoms with van der Waals surface area (Å²) < 4.78 is 0. The third kappa shape index (κ3) is 2.90. The van der Waals surface area contributed by atoms with E-state index >= 15 is 0 Å². The fourth-order valence-electron chi connectivity index (χ4n) is 3.53. The van der Waals surface area contributed by atoms with E-state index in [1.165, 1.54) is 0 Å². The van der Waals surface area contributed by atoms with Gasteiger partial charge in [-0.05, 0) is 37.6 Å². The van der Waals surface area contributed by atoms with Crippen LogP contribution in [0.3, 0.4) is 0 Å². The molecule has 4 nitrogen and oxygen atoms in total. The third-order valence-electron chi connectivity index (χ3n) is 4.74. The zero-order valence-electron chi connectivity index (χ0n) is 14.9. The molecule has 4 rings (SSSR count). The van der Waals surface area contributed by atoms with Gasteiger partial charge in [-0.25, -0.2) is 4.98 Å². The summed E-state index contributed by atoms with van der Waals surface area (Å²) in [5.74, 6) is 1.19. The lowest BCUT2D eigenvalue weighted by molar-refractivity contribution is -0.361. The number of phenolic OH excluding ortho intramolecular Hbond substituents is 1. The van der Waals surface area contributed by atoms with Crippen LogP contribution in [-0.2, 0) is 0 Å². The molecule has 2 aromatic heterocycles. The Kier molecular flexibility index (Phi) is 4.09. The third-order valence-corrected chi connectivity index (χ3v) is 4.74. The van der Waals surface area contributed by atoms with Crippen molar-refractivity contribution in [1.82, 2.24) is 4.98 Å². The van der Waals surface area contributed by atoms with Crippen molar-refractivity contribution >= 4 is 16.7 Å². The van der Waals surface area contributed by atoms with Crippen LogP contribution in [-0.4, -0.2) is 10.1 Å². The quantitative estimate of drug-likeness (QED) is 0.510. The van der Waals surface area contributed by atoms with Crippen molar-refractivity contribution < 1.29 is 10.1 Å². The van der Waals surface area contributed by atoms with Crippen LogP contribution in [0.4, 0.5) is 5.82 Å². The first kappa shape index (κ1) is 16.2. The van der Waals surface area contributed by atoms with Crippen molar-refractivity contribution in [1.29, 1.82) is 0 Å². The number of benzene rings is 2. The lowest BCUT2D eigenvalue weighted by Gasteiger charge is -2.17. The second-order valence-corrected chi connectivity index (χ2v) is 6.63. The van der Waals surface area contributed by atoms with Crippen molar-refractivity contribution in [2.45, 2.75) is 19.9 Å². The lowest BCUT2D eigenvalue weighted by atomic mass is 9.95. The number of aromatic hydroxyl groups is 1. The van der Waals surface area contributed by atoms with Crippen LogP contribution in [0.5, 0.6) is 5.75 Å². The second kappa shape index (κ2) is 6.56. The van der Waals surface area contributed by atoms with Gasteiger partial charge in [-0.1, -0.05) is 36.4 Å².